The van der Waals surface area contributed by atoms with Crippen molar-refractivity contribution in [2.45, 2.75) is 32.2 Å². The Labute approximate surface area is 106 Å². The lowest BCUT2D eigenvalue weighted by Crippen LogP contribution is -2.49. The van der Waals surface area contributed by atoms with Crippen molar-refractivity contribution in [2.24, 2.45) is 0 Å². The molecular weight excluding hydrogens is 230 g/mol. The molecule has 4 nitrogen and oxygen atoms in total. The minimum Gasteiger partial charge on any atom is -0.396 e. The van der Waals surface area contributed by atoms with Gasteiger partial charge in [0.05, 0.1) is 16.7 Å². The Morgan fingerprint density at radius 2 is 1.67 bits per heavy atom. The monoisotopic (exact) mass is 247 g/mol. The van der Waals surface area contributed by atoms with Crippen molar-refractivity contribution in [1.29, 1.82) is 0 Å². The zero-order valence-electron chi connectivity index (χ0n) is 10.6. The van der Waals surface area contributed by atoms with E-state index in [1.54, 1.807) is 24.3 Å². The molecule has 4 heteroatoms. The van der Waals surface area contributed by atoms with E-state index in [2.05, 4.69) is 0 Å². The van der Waals surface area contributed by atoms with Gasteiger partial charge >= 0.3 is 0 Å². The number of fused-ring (bicyclic) bond motifs is 1. The Morgan fingerprint density at radius 3 is 2.06 bits per heavy atom. The summed E-state index contributed by atoms with van der Waals surface area (Å²) in [6.45, 7) is 3.71. The number of carbonyl (C=O) groups excluding carboxylic acids is 2. The SMILES string of the molecule is CCC(C)(CCO)N1C(=O)c2ccccc2C1=O. The fraction of sp³-hybridized carbons (Fsp3) is 0.429. The number of aliphatic hydroxyl groups excluding tert-OH is 1. The third-order valence-electron chi connectivity index (χ3n) is 3.75. The van der Waals surface area contributed by atoms with Crippen LogP contribution in [0.3, 0.4) is 0 Å². The van der Waals surface area contributed by atoms with Crippen molar-refractivity contribution in [3.05, 3.63) is 35.4 Å². The second-order valence-corrected chi connectivity index (χ2v) is 4.82. The highest BCUT2D eigenvalue weighted by atomic mass is 16.3. The molecule has 0 saturated heterocycles. The predicted molar refractivity (Wildman–Crippen MR) is 67.3 cm³/mol. The quantitative estimate of drug-likeness (QED) is 0.826. The van der Waals surface area contributed by atoms with Crippen LogP contribution in [0.2, 0.25) is 0 Å². The van der Waals surface area contributed by atoms with Crippen molar-refractivity contribution >= 4 is 11.8 Å². The number of carbonyl (C=O) groups is 2. The molecule has 2 amide bonds. The average molecular weight is 247 g/mol. The lowest BCUT2D eigenvalue weighted by Gasteiger charge is -2.36. The van der Waals surface area contributed by atoms with E-state index in [9.17, 15) is 9.59 Å². The summed E-state index contributed by atoms with van der Waals surface area (Å²) >= 11 is 0. The minimum atomic E-state index is -0.623. The van der Waals surface area contributed by atoms with E-state index in [0.717, 1.165) is 0 Å². The molecule has 2 rings (SSSR count). The molecule has 0 saturated carbocycles. The molecule has 0 radical (unpaired) electrons. The zero-order valence-corrected chi connectivity index (χ0v) is 10.6. The summed E-state index contributed by atoms with van der Waals surface area (Å²) in [5, 5.41) is 9.13. The Hall–Kier alpha value is -1.68. The van der Waals surface area contributed by atoms with Crippen LogP contribution in [-0.2, 0) is 0 Å². The van der Waals surface area contributed by atoms with E-state index in [1.165, 1.54) is 4.90 Å². The topological polar surface area (TPSA) is 57.6 Å². The lowest BCUT2D eigenvalue weighted by atomic mass is 9.92. The molecule has 1 heterocycles. The van der Waals surface area contributed by atoms with Crippen LogP contribution >= 0.6 is 0 Å². The van der Waals surface area contributed by atoms with E-state index in [-0.39, 0.29) is 18.4 Å². The van der Waals surface area contributed by atoms with Crippen molar-refractivity contribution < 1.29 is 14.7 Å². The summed E-state index contributed by atoms with van der Waals surface area (Å²) in [4.78, 5) is 25.9. The van der Waals surface area contributed by atoms with Crippen molar-refractivity contribution in [2.75, 3.05) is 6.61 Å². The van der Waals surface area contributed by atoms with Crippen LogP contribution in [0.15, 0.2) is 24.3 Å². The number of hydrogen-bond acceptors (Lipinski definition) is 3. The number of benzene rings is 1. The van der Waals surface area contributed by atoms with Crippen LogP contribution in [0.4, 0.5) is 0 Å². The first-order chi connectivity index (χ1) is 8.55. The van der Waals surface area contributed by atoms with Gasteiger partial charge in [-0.15, -0.1) is 0 Å². The van der Waals surface area contributed by atoms with Crippen molar-refractivity contribution in [3.63, 3.8) is 0 Å². The maximum Gasteiger partial charge on any atom is 0.262 e. The highest BCUT2D eigenvalue weighted by Gasteiger charge is 2.44. The number of nitrogens with zero attached hydrogens (tertiary/aromatic N) is 1. The van der Waals surface area contributed by atoms with Gasteiger partial charge < -0.3 is 5.11 Å². The molecule has 18 heavy (non-hydrogen) atoms. The second kappa shape index (κ2) is 4.53. The molecule has 0 aromatic heterocycles. The molecule has 1 N–H and O–H groups in total. The fourth-order valence-corrected chi connectivity index (χ4v) is 2.37. The van der Waals surface area contributed by atoms with Gasteiger partial charge in [0.1, 0.15) is 0 Å². The molecule has 96 valence electrons. The van der Waals surface area contributed by atoms with Gasteiger partial charge in [0.2, 0.25) is 0 Å². The first kappa shape index (κ1) is 12.8. The number of hydrogen-bond donors (Lipinski definition) is 1. The molecule has 0 bridgehead atoms. The Kier molecular flexibility index (Phi) is 3.22. The standard InChI is InChI=1S/C14H17NO3/c1-3-14(2,8-9-16)15-12(17)10-6-4-5-7-11(10)13(15)18/h4-7,16H,3,8-9H2,1-2H3. The molecule has 0 aliphatic carbocycles. The molecule has 1 aromatic carbocycles. The highest BCUT2D eigenvalue weighted by molar-refractivity contribution is 6.21. The van der Waals surface area contributed by atoms with Gasteiger partial charge in [-0.2, -0.15) is 0 Å². The largest absolute Gasteiger partial charge is 0.396 e. The molecular formula is C14H17NO3. The third-order valence-corrected chi connectivity index (χ3v) is 3.75. The summed E-state index contributed by atoms with van der Waals surface area (Å²) in [5.74, 6) is -0.512. The van der Waals surface area contributed by atoms with Gasteiger partial charge in [0.25, 0.3) is 11.8 Å². The maximum atomic E-state index is 12.3. The van der Waals surface area contributed by atoms with E-state index in [4.69, 9.17) is 5.11 Å². The van der Waals surface area contributed by atoms with Crippen LogP contribution in [-0.4, -0.2) is 34.0 Å². The van der Waals surface area contributed by atoms with Crippen LogP contribution in [0.5, 0.6) is 0 Å². The van der Waals surface area contributed by atoms with Crippen molar-refractivity contribution in [3.8, 4) is 0 Å². The third kappa shape index (κ3) is 1.73. The van der Waals surface area contributed by atoms with Gasteiger partial charge in [-0.1, -0.05) is 19.1 Å². The van der Waals surface area contributed by atoms with Gasteiger partial charge in [-0.3, -0.25) is 14.5 Å². The number of rotatable bonds is 4. The summed E-state index contributed by atoms with van der Waals surface area (Å²) in [6.07, 6.45) is 1.02. The normalized spacial score (nSPS) is 17.8. The zero-order chi connectivity index (χ0) is 13.3. The molecule has 0 fully saturated rings. The molecule has 1 aliphatic heterocycles. The molecule has 1 aromatic rings. The van der Waals surface area contributed by atoms with Crippen LogP contribution in [0.1, 0.15) is 47.4 Å². The highest BCUT2D eigenvalue weighted by Crippen LogP contribution is 2.33. The predicted octanol–water partition coefficient (Wildman–Crippen LogP) is 1.83. The number of aliphatic hydroxyl groups is 1. The number of imide groups is 1. The van der Waals surface area contributed by atoms with E-state index >= 15 is 0 Å². The van der Waals surface area contributed by atoms with E-state index in [0.29, 0.717) is 24.0 Å². The molecule has 1 unspecified atom stereocenters. The van der Waals surface area contributed by atoms with Gasteiger partial charge in [0, 0.05) is 6.61 Å². The lowest BCUT2D eigenvalue weighted by molar-refractivity contribution is 0.0391. The molecule has 1 atom stereocenters. The number of amides is 2. The minimum absolute atomic E-state index is 0.0439. The van der Waals surface area contributed by atoms with Crippen LogP contribution < -0.4 is 0 Å². The van der Waals surface area contributed by atoms with Gasteiger partial charge in [-0.05, 0) is 31.9 Å². The smallest absolute Gasteiger partial charge is 0.262 e. The van der Waals surface area contributed by atoms with Gasteiger partial charge in [0.15, 0.2) is 0 Å². The van der Waals surface area contributed by atoms with Gasteiger partial charge in [-0.25, -0.2) is 0 Å². The van der Waals surface area contributed by atoms with Crippen LogP contribution in [0, 0.1) is 0 Å². The fourth-order valence-electron chi connectivity index (χ4n) is 2.37. The Morgan fingerprint density at radius 1 is 1.17 bits per heavy atom. The van der Waals surface area contributed by atoms with E-state index in [1.807, 2.05) is 13.8 Å². The summed E-state index contributed by atoms with van der Waals surface area (Å²) in [6, 6.07) is 6.85. The summed E-state index contributed by atoms with van der Waals surface area (Å²) in [5.41, 5.74) is 0.294. The van der Waals surface area contributed by atoms with E-state index < -0.39 is 5.54 Å². The van der Waals surface area contributed by atoms with Crippen molar-refractivity contribution in [1.82, 2.24) is 4.90 Å². The first-order valence-corrected chi connectivity index (χ1v) is 6.14. The summed E-state index contributed by atoms with van der Waals surface area (Å²) in [7, 11) is 0. The maximum absolute atomic E-state index is 12.3. The molecule has 0 spiro atoms. The Balaban J connectivity index is 2.44. The molecule has 1 aliphatic rings. The second-order valence-electron chi connectivity index (χ2n) is 4.82. The Bertz CT molecular complexity index is 463. The first-order valence-electron chi connectivity index (χ1n) is 6.14. The average Bonchev–Trinajstić information content (AvgIpc) is 2.63. The van der Waals surface area contributed by atoms with Crippen LogP contribution in [0.25, 0.3) is 0 Å². The summed E-state index contributed by atoms with van der Waals surface area (Å²) < 4.78 is 0.